The predicted octanol–water partition coefficient (Wildman–Crippen LogP) is 8.50. The van der Waals surface area contributed by atoms with Crippen LogP contribution < -0.4 is 0 Å². The largest absolute Gasteiger partial charge is 0.416 e. The molecular weight excluding hydrogens is 456 g/mol. The van der Waals surface area contributed by atoms with E-state index >= 15 is 0 Å². The zero-order valence-corrected chi connectivity index (χ0v) is 23.5. The number of allylic oxidation sites excluding steroid dienone is 8. The highest BCUT2D eigenvalue weighted by molar-refractivity contribution is 6.74. The highest BCUT2D eigenvalue weighted by atomic mass is 28.4. The van der Waals surface area contributed by atoms with Crippen molar-refractivity contribution in [2.45, 2.75) is 52.2 Å². The molecule has 0 aromatic heterocycles. The van der Waals surface area contributed by atoms with E-state index in [1.54, 1.807) is 6.08 Å². The number of benzene rings is 2. The Morgan fingerprint density at radius 3 is 2.28 bits per heavy atom. The Balaban J connectivity index is 1.78. The lowest BCUT2D eigenvalue weighted by molar-refractivity contribution is -0.118. The van der Waals surface area contributed by atoms with Crippen LogP contribution in [-0.4, -0.2) is 20.7 Å². The third kappa shape index (κ3) is 5.09. The molecule has 3 heteroatoms. The van der Waals surface area contributed by atoms with Gasteiger partial charge in [0.15, 0.2) is 14.1 Å². The molecule has 2 aliphatic carbocycles. The number of carbonyl (C=O) groups is 1. The third-order valence-electron chi connectivity index (χ3n) is 7.85. The molecule has 2 aromatic carbocycles. The van der Waals surface area contributed by atoms with E-state index in [-0.39, 0.29) is 10.8 Å². The first-order valence-electron chi connectivity index (χ1n) is 12.8. The topological polar surface area (TPSA) is 26.3 Å². The van der Waals surface area contributed by atoms with Crippen LogP contribution in [0, 0.1) is 12.3 Å². The molecule has 2 aliphatic rings. The molecule has 0 amide bonds. The molecular formula is C33H38O2Si. The van der Waals surface area contributed by atoms with Gasteiger partial charge in [-0.05, 0) is 65.4 Å². The van der Waals surface area contributed by atoms with Gasteiger partial charge in [-0.3, -0.25) is 4.79 Å². The fourth-order valence-electron chi connectivity index (χ4n) is 4.63. The summed E-state index contributed by atoms with van der Waals surface area (Å²) in [6, 6.07) is 18.8. The van der Waals surface area contributed by atoms with E-state index < -0.39 is 13.7 Å². The molecule has 186 valence electrons. The van der Waals surface area contributed by atoms with Crippen LogP contribution in [0.2, 0.25) is 18.1 Å². The second kappa shape index (κ2) is 10.2. The van der Waals surface area contributed by atoms with E-state index in [9.17, 15) is 4.79 Å². The average Bonchev–Trinajstić information content (AvgIpc) is 3.14. The fourth-order valence-corrected chi connectivity index (χ4v) is 5.67. The van der Waals surface area contributed by atoms with Gasteiger partial charge >= 0.3 is 0 Å². The first-order chi connectivity index (χ1) is 17.0. The van der Waals surface area contributed by atoms with Gasteiger partial charge in [-0.2, -0.15) is 0 Å². The summed E-state index contributed by atoms with van der Waals surface area (Å²) in [5.74, 6) is 0.101. The van der Waals surface area contributed by atoms with Gasteiger partial charge in [-0.25, -0.2) is 0 Å². The van der Waals surface area contributed by atoms with Crippen LogP contribution >= 0.6 is 0 Å². The third-order valence-corrected chi connectivity index (χ3v) is 12.4. The minimum atomic E-state index is -1.87. The van der Waals surface area contributed by atoms with Crippen molar-refractivity contribution in [2.75, 3.05) is 6.61 Å². The fraction of sp³-hybridized carbons (Fsp3) is 0.303. The monoisotopic (exact) mass is 494 g/mol. The SMILES string of the molecule is Cc1ccc(/C=C/C2=C(CCO[Si](C)(C)C(C)(C)C)C=C(c3ccccc3)C23C=CC=CC3=O)cc1. The number of ketones is 1. The van der Waals surface area contributed by atoms with Crippen molar-refractivity contribution in [1.29, 1.82) is 0 Å². The van der Waals surface area contributed by atoms with Gasteiger partial charge in [-0.15, -0.1) is 0 Å². The number of hydrogen-bond acceptors (Lipinski definition) is 2. The van der Waals surface area contributed by atoms with Crippen molar-refractivity contribution in [1.82, 2.24) is 0 Å². The highest BCUT2D eigenvalue weighted by Crippen LogP contribution is 2.53. The molecule has 1 atom stereocenters. The molecule has 0 aliphatic heterocycles. The number of carbonyl (C=O) groups excluding carboxylic acids is 1. The van der Waals surface area contributed by atoms with Crippen LogP contribution in [0.3, 0.4) is 0 Å². The summed E-state index contributed by atoms with van der Waals surface area (Å²) < 4.78 is 6.56. The molecule has 0 heterocycles. The van der Waals surface area contributed by atoms with Crippen molar-refractivity contribution in [3.63, 3.8) is 0 Å². The van der Waals surface area contributed by atoms with Gasteiger partial charge in [-0.1, -0.05) is 117 Å². The lowest BCUT2D eigenvalue weighted by Gasteiger charge is -2.36. The average molecular weight is 495 g/mol. The van der Waals surface area contributed by atoms with E-state index in [0.717, 1.165) is 28.7 Å². The molecule has 0 N–H and O–H groups in total. The Hall–Kier alpha value is -3.01. The molecule has 0 saturated carbocycles. The summed E-state index contributed by atoms with van der Waals surface area (Å²) in [5, 5.41) is 0.157. The maximum absolute atomic E-state index is 13.7. The Morgan fingerprint density at radius 2 is 1.64 bits per heavy atom. The van der Waals surface area contributed by atoms with Crippen LogP contribution in [0.4, 0.5) is 0 Å². The summed E-state index contributed by atoms with van der Waals surface area (Å²) in [6.07, 6.45) is 14.9. The first kappa shape index (κ1) is 26.1. The van der Waals surface area contributed by atoms with Gasteiger partial charge in [0.2, 0.25) is 0 Å². The standard InChI is InChI=1S/C33H38O2Si/c1-25-15-17-26(18-16-25)19-20-29-28(21-23-35-36(5,6)32(2,3)4)24-30(27-12-8-7-9-13-27)33(29)22-11-10-14-31(33)34/h7-20,22,24H,21,23H2,1-6H3/b20-19+. The minimum absolute atomic E-state index is 0.101. The Bertz CT molecular complexity index is 1270. The van der Waals surface area contributed by atoms with Gasteiger partial charge in [0.05, 0.1) is 0 Å². The summed E-state index contributed by atoms with van der Waals surface area (Å²) in [6.45, 7) is 14.1. The van der Waals surface area contributed by atoms with Crippen molar-refractivity contribution in [3.8, 4) is 0 Å². The molecule has 4 rings (SSSR count). The lowest BCUT2D eigenvalue weighted by Crippen LogP contribution is -2.41. The number of aryl methyl sites for hydroxylation is 1. The Morgan fingerprint density at radius 1 is 0.944 bits per heavy atom. The molecule has 2 aromatic rings. The zero-order valence-electron chi connectivity index (χ0n) is 22.5. The van der Waals surface area contributed by atoms with E-state index in [1.165, 1.54) is 11.1 Å². The van der Waals surface area contributed by atoms with Gasteiger partial charge in [0.25, 0.3) is 0 Å². The predicted molar refractivity (Wildman–Crippen MR) is 155 cm³/mol. The normalized spacial score (nSPS) is 20.2. The number of hydrogen-bond donors (Lipinski definition) is 0. The van der Waals surface area contributed by atoms with E-state index in [2.05, 4.69) is 101 Å². The second-order valence-corrected chi connectivity index (χ2v) is 16.2. The molecule has 2 nitrogen and oxygen atoms in total. The van der Waals surface area contributed by atoms with Gasteiger partial charge < -0.3 is 4.43 Å². The van der Waals surface area contributed by atoms with Gasteiger partial charge in [0.1, 0.15) is 5.41 Å². The van der Waals surface area contributed by atoms with E-state index in [1.807, 2.05) is 30.4 Å². The lowest BCUT2D eigenvalue weighted by atomic mass is 9.69. The summed E-state index contributed by atoms with van der Waals surface area (Å²) in [5.41, 5.74) is 5.87. The van der Waals surface area contributed by atoms with Gasteiger partial charge in [0, 0.05) is 6.61 Å². The second-order valence-electron chi connectivity index (χ2n) is 11.4. The Labute approximate surface area is 217 Å². The quantitative estimate of drug-likeness (QED) is 0.361. The summed E-state index contributed by atoms with van der Waals surface area (Å²) >= 11 is 0. The Kier molecular flexibility index (Phi) is 7.35. The summed E-state index contributed by atoms with van der Waals surface area (Å²) in [4.78, 5) is 13.7. The molecule has 0 bridgehead atoms. The van der Waals surface area contributed by atoms with Crippen LogP contribution in [-0.2, 0) is 9.22 Å². The molecule has 1 unspecified atom stereocenters. The minimum Gasteiger partial charge on any atom is -0.416 e. The molecule has 0 fully saturated rings. The maximum atomic E-state index is 13.7. The molecule has 0 saturated heterocycles. The van der Waals surface area contributed by atoms with Crippen molar-refractivity contribution in [3.05, 3.63) is 119 Å². The summed E-state index contributed by atoms with van der Waals surface area (Å²) in [7, 11) is -1.87. The molecule has 36 heavy (non-hydrogen) atoms. The van der Waals surface area contributed by atoms with Crippen LogP contribution in [0.5, 0.6) is 0 Å². The van der Waals surface area contributed by atoms with Crippen LogP contribution in [0.1, 0.15) is 43.9 Å². The first-order valence-corrected chi connectivity index (χ1v) is 15.8. The zero-order chi connectivity index (χ0) is 26.0. The highest BCUT2D eigenvalue weighted by Gasteiger charge is 2.46. The van der Waals surface area contributed by atoms with E-state index in [4.69, 9.17) is 4.43 Å². The van der Waals surface area contributed by atoms with Crippen molar-refractivity contribution < 1.29 is 9.22 Å². The maximum Gasteiger partial charge on any atom is 0.191 e. The van der Waals surface area contributed by atoms with Crippen molar-refractivity contribution >= 4 is 25.7 Å². The van der Waals surface area contributed by atoms with Crippen LogP contribution in [0.25, 0.3) is 11.6 Å². The van der Waals surface area contributed by atoms with Crippen LogP contribution in [0.15, 0.2) is 102 Å². The smallest absolute Gasteiger partial charge is 0.191 e. The number of rotatable bonds is 7. The van der Waals surface area contributed by atoms with E-state index in [0.29, 0.717) is 6.61 Å². The van der Waals surface area contributed by atoms with Crippen molar-refractivity contribution in [2.24, 2.45) is 5.41 Å². The molecule has 1 spiro atoms. The molecule has 0 radical (unpaired) electrons.